The molecule has 2 aromatic carbocycles. The maximum Gasteiger partial charge on any atom is 0.387 e. The molecule has 0 heterocycles. The third kappa shape index (κ3) is 5.34. The van der Waals surface area contributed by atoms with E-state index in [9.17, 15) is 13.6 Å². The number of ether oxygens (including phenoxy) is 2. The molecular formula is C18H20F2N2O3. The second-order valence-corrected chi connectivity index (χ2v) is 5.48. The predicted octanol–water partition coefficient (Wildman–Crippen LogP) is 4.24. The van der Waals surface area contributed by atoms with Gasteiger partial charge in [-0.15, -0.1) is 0 Å². The number of rotatable bonds is 6. The van der Waals surface area contributed by atoms with E-state index in [-0.39, 0.29) is 11.5 Å². The lowest BCUT2D eigenvalue weighted by molar-refractivity contribution is -0.0511. The Hall–Kier alpha value is -2.83. The van der Waals surface area contributed by atoms with Crippen molar-refractivity contribution in [2.75, 3.05) is 12.4 Å². The highest BCUT2D eigenvalue weighted by atomic mass is 19.3. The van der Waals surface area contributed by atoms with Crippen LogP contribution in [0, 0.1) is 13.8 Å². The molecule has 0 atom stereocenters. The van der Waals surface area contributed by atoms with Crippen molar-refractivity contribution in [1.82, 2.24) is 5.32 Å². The minimum Gasteiger partial charge on any atom is -0.493 e. The Morgan fingerprint density at radius 3 is 2.52 bits per heavy atom. The molecule has 0 fully saturated rings. The Kier molecular flexibility index (Phi) is 6.16. The third-order valence-corrected chi connectivity index (χ3v) is 3.58. The zero-order valence-corrected chi connectivity index (χ0v) is 14.2. The molecule has 0 saturated heterocycles. The molecule has 0 spiro atoms. The van der Waals surface area contributed by atoms with Crippen LogP contribution in [0.4, 0.5) is 19.3 Å². The Balaban J connectivity index is 2.00. The molecule has 2 amide bonds. The van der Waals surface area contributed by atoms with E-state index in [4.69, 9.17) is 4.74 Å². The lowest BCUT2D eigenvalue weighted by atomic mass is 10.1. The van der Waals surface area contributed by atoms with E-state index in [0.29, 0.717) is 12.2 Å². The highest BCUT2D eigenvalue weighted by Gasteiger charge is 2.12. The van der Waals surface area contributed by atoms with E-state index in [2.05, 4.69) is 15.4 Å². The van der Waals surface area contributed by atoms with Gasteiger partial charge < -0.3 is 20.1 Å². The van der Waals surface area contributed by atoms with Crippen LogP contribution in [0.1, 0.15) is 16.7 Å². The number of anilines is 1. The fourth-order valence-corrected chi connectivity index (χ4v) is 2.34. The Morgan fingerprint density at radius 2 is 1.88 bits per heavy atom. The molecule has 25 heavy (non-hydrogen) atoms. The van der Waals surface area contributed by atoms with E-state index in [0.717, 1.165) is 16.7 Å². The van der Waals surface area contributed by atoms with Gasteiger partial charge in [-0.1, -0.05) is 23.8 Å². The number of alkyl halides is 2. The predicted molar refractivity (Wildman–Crippen MR) is 91.4 cm³/mol. The number of carbonyl (C=O) groups is 1. The second kappa shape index (κ2) is 8.32. The van der Waals surface area contributed by atoms with Crippen molar-refractivity contribution < 1.29 is 23.0 Å². The number of amides is 2. The standard InChI is InChI=1S/C18H20F2N2O3/c1-11-4-5-13(12(2)8-11)10-21-18(23)22-14-6-7-15(24-3)16(9-14)25-17(19)20/h4-9,17H,10H2,1-3H3,(H2,21,22,23). The summed E-state index contributed by atoms with van der Waals surface area (Å²) in [6, 6.07) is 9.76. The van der Waals surface area contributed by atoms with E-state index in [1.165, 1.54) is 25.3 Å². The van der Waals surface area contributed by atoms with E-state index < -0.39 is 12.6 Å². The smallest absolute Gasteiger partial charge is 0.387 e. The van der Waals surface area contributed by atoms with Crippen molar-refractivity contribution in [2.45, 2.75) is 27.0 Å². The zero-order valence-electron chi connectivity index (χ0n) is 14.2. The van der Waals surface area contributed by atoms with Gasteiger partial charge in [0.2, 0.25) is 0 Å². The quantitative estimate of drug-likeness (QED) is 0.819. The number of benzene rings is 2. The number of aryl methyl sites for hydroxylation is 2. The summed E-state index contributed by atoms with van der Waals surface area (Å²) < 4.78 is 34.2. The molecule has 0 bridgehead atoms. The topological polar surface area (TPSA) is 59.6 Å². The van der Waals surface area contributed by atoms with Crippen molar-refractivity contribution in [1.29, 1.82) is 0 Å². The van der Waals surface area contributed by atoms with Crippen molar-refractivity contribution in [3.63, 3.8) is 0 Å². The van der Waals surface area contributed by atoms with Crippen molar-refractivity contribution >= 4 is 11.7 Å². The van der Waals surface area contributed by atoms with Gasteiger partial charge in [0.25, 0.3) is 0 Å². The normalized spacial score (nSPS) is 10.5. The van der Waals surface area contributed by atoms with E-state index in [1.54, 1.807) is 0 Å². The van der Waals surface area contributed by atoms with Gasteiger partial charge in [-0.05, 0) is 37.1 Å². The van der Waals surface area contributed by atoms with Crippen LogP contribution in [0.5, 0.6) is 11.5 Å². The molecular weight excluding hydrogens is 330 g/mol. The summed E-state index contributed by atoms with van der Waals surface area (Å²) in [7, 11) is 1.34. The molecule has 2 aromatic rings. The number of halogens is 2. The molecule has 0 unspecified atom stereocenters. The molecule has 0 aliphatic rings. The lowest BCUT2D eigenvalue weighted by Crippen LogP contribution is -2.28. The minimum atomic E-state index is -2.98. The first-order valence-electron chi connectivity index (χ1n) is 7.63. The van der Waals surface area contributed by atoms with Crippen LogP contribution in [-0.2, 0) is 6.54 Å². The largest absolute Gasteiger partial charge is 0.493 e. The van der Waals surface area contributed by atoms with Crippen molar-refractivity contribution in [2.24, 2.45) is 0 Å². The molecule has 2 N–H and O–H groups in total. The summed E-state index contributed by atoms with van der Waals surface area (Å²) in [5, 5.41) is 5.30. The molecule has 134 valence electrons. The van der Waals surface area contributed by atoms with E-state index >= 15 is 0 Å². The highest BCUT2D eigenvalue weighted by Crippen LogP contribution is 2.31. The van der Waals surface area contributed by atoms with Gasteiger partial charge in [0.1, 0.15) is 0 Å². The second-order valence-electron chi connectivity index (χ2n) is 5.48. The minimum absolute atomic E-state index is 0.148. The molecule has 0 aromatic heterocycles. The number of hydrogen-bond acceptors (Lipinski definition) is 3. The van der Waals surface area contributed by atoms with Crippen molar-refractivity contribution in [3.05, 3.63) is 53.1 Å². The summed E-state index contributed by atoms with van der Waals surface area (Å²) in [6.07, 6.45) is 0. The number of nitrogens with one attached hydrogen (secondary N) is 2. The fourth-order valence-electron chi connectivity index (χ4n) is 2.34. The Bertz CT molecular complexity index is 751. The molecule has 7 heteroatoms. The van der Waals surface area contributed by atoms with Gasteiger partial charge in [-0.2, -0.15) is 8.78 Å². The summed E-state index contributed by atoms with van der Waals surface area (Å²) in [5.41, 5.74) is 3.54. The van der Waals surface area contributed by atoms with Crippen molar-refractivity contribution in [3.8, 4) is 11.5 Å². The molecule has 2 rings (SSSR count). The lowest BCUT2D eigenvalue weighted by Gasteiger charge is -2.13. The van der Waals surface area contributed by atoms with Crippen LogP contribution < -0.4 is 20.1 Å². The van der Waals surface area contributed by atoms with Crippen LogP contribution in [-0.4, -0.2) is 19.8 Å². The Morgan fingerprint density at radius 1 is 1.12 bits per heavy atom. The number of urea groups is 1. The van der Waals surface area contributed by atoms with Gasteiger partial charge in [0.15, 0.2) is 11.5 Å². The summed E-state index contributed by atoms with van der Waals surface area (Å²) in [5.74, 6) is 0.00576. The van der Waals surface area contributed by atoms with Crippen LogP contribution in [0.2, 0.25) is 0 Å². The Labute approximate surface area is 144 Å². The maximum atomic E-state index is 12.4. The fraction of sp³-hybridized carbons (Fsp3) is 0.278. The van der Waals surface area contributed by atoms with Gasteiger partial charge in [-0.25, -0.2) is 4.79 Å². The molecule has 0 aliphatic carbocycles. The summed E-state index contributed by atoms with van der Waals surface area (Å²) in [4.78, 5) is 12.0. The molecule has 0 radical (unpaired) electrons. The maximum absolute atomic E-state index is 12.4. The first-order chi connectivity index (χ1) is 11.9. The highest BCUT2D eigenvalue weighted by molar-refractivity contribution is 5.89. The molecule has 0 aliphatic heterocycles. The first-order valence-corrected chi connectivity index (χ1v) is 7.63. The average Bonchev–Trinajstić information content (AvgIpc) is 2.54. The van der Waals surface area contributed by atoms with E-state index in [1.807, 2.05) is 32.0 Å². The third-order valence-electron chi connectivity index (χ3n) is 3.58. The van der Waals surface area contributed by atoms with Crippen LogP contribution in [0.3, 0.4) is 0 Å². The van der Waals surface area contributed by atoms with Crippen LogP contribution >= 0.6 is 0 Å². The zero-order chi connectivity index (χ0) is 18.4. The summed E-state index contributed by atoms with van der Waals surface area (Å²) in [6.45, 7) is 1.34. The number of hydrogen-bond donors (Lipinski definition) is 2. The SMILES string of the molecule is COc1ccc(NC(=O)NCc2ccc(C)cc2C)cc1OC(F)F. The van der Waals surface area contributed by atoms with Gasteiger partial charge in [0, 0.05) is 18.3 Å². The van der Waals surface area contributed by atoms with Gasteiger partial charge >= 0.3 is 12.6 Å². The number of carbonyl (C=O) groups excluding carboxylic acids is 1. The van der Waals surface area contributed by atoms with Crippen LogP contribution in [0.25, 0.3) is 0 Å². The molecule has 0 saturated carbocycles. The molecule has 5 nitrogen and oxygen atoms in total. The summed E-state index contributed by atoms with van der Waals surface area (Å²) >= 11 is 0. The number of methoxy groups -OCH3 is 1. The van der Waals surface area contributed by atoms with Crippen LogP contribution in [0.15, 0.2) is 36.4 Å². The first kappa shape index (κ1) is 18.5. The van der Waals surface area contributed by atoms with Gasteiger partial charge in [0.05, 0.1) is 7.11 Å². The average molecular weight is 350 g/mol. The van der Waals surface area contributed by atoms with Gasteiger partial charge in [-0.3, -0.25) is 0 Å². The monoisotopic (exact) mass is 350 g/mol.